The Balaban J connectivity index is 1.20. The predicted octanol–water partition coefficient (Wildman–Crippen LogP) is 14.0. The summed E-state index contributed by atoms with van der Waals surface area (Å²) in [7, 11) is 0. The number of para-hydroxylation sites is 1. The van der Waals surface area contributed by atoms with Crippen molar-refractivity contribution in [3.8, 4) is 33.4 Å². The van der Waals surface area contributed by atoms with Crippen molar-refractivity contribution in [2.75, 3.05) is 4.90 Å². The van der Waals surface area contributed by atoms with E-state index in [1.807, 2.05) is 11.8 Å². The Morgan fingerprint density at radius 2 is 0.833 bits per heavy atom. The van der Waals surface area contributed by atoms with Crippen LogP contribution in [0.1, 0.15) is 47.2 Å². The van der Waals surface area contributed by atoms with Gasteiger partial charge in [-0.3, -0.25) is 0 Å². The third kappa shape index (κ3) is 4.29. The van der Waals surface area contributed by atoms with Crippen LogP contribution in [-0.2, 0) is 10.8 Å². The van der Waals surface area contributed by atoms with Gasteiger partial charge in [0.05, 0.1) is 11.1 Å². The van der Waals surface area contributed by atoms with Crippen LogP contribution in [-0.4, -0.2) is 0 Å². The Bertz CT molecular complexity index is 2750. The Morgan fingerprint density at radius 1 is 0.370 bits per heavy atom. The van der Waals surface area contributed by atoms with Gasteiger partial charge in [-0.25, -0.2) is 0 Å². The van der Waals surface area contributed by atoms with E-state index < -0.39 is 5.41 Å². The van der Waals surface area contributed by atoms with Gasteiger partial charge in [-0.15, -0.1) is 0 Å². The molecule has 2 aliphatic carbocycles. The zero-order valence-electron chi connectivity index (χ0n) is 30.3. The average Bonchev–Trinajstić information content (AvgIpc) is 3.64. The quantitative estimate of drug-likeness (QED) is 0.179. The molecule has 11 rings (SSSR count). The van der Waals surface area contributed by atoms with Gasteiger partial charge in [0.15, 0.2) is 0 Å². The van der Waals surface area contributed by atoms with E-state index in [4.69, 9.17) is 0 Å². The first-order valence-electron chi connectivity index (χ1n) is 18.9. The zero-order valence-corrected chi connectivity index (χ0v) is 31.1. The molecule has 0 N–H and O–H groups in total. The molecule has 0 saturated heterocycles. The van der Waals surface area contributed by atoms with Crippen LogP contribution >= 0.6 is 11.8 Å². The monoisotopic (exact) mass is 707 g/mol. The molecular formula is C52H37NS. The second kappa shape index (κ2) is 11.7. The molecule has 0 unspecified atom stereocenters. The van der Waals surface area contributed by atoms with Crippen molar-refractivity contribution >= 4 is 28.8 Å². The summed E-state index contributed by atoms with van der Waals surface area (Å²) < 4.78 is 0. The van der Waals surface area contributed by atoms with E-state index in [1.165, 1.54) is 76.6 Å². The van der Waals surface area contributed by atoms with E-state index in [0.29, 0.717) is 0 Å². The van der Waals surface area contributed by atoms with E-state index in [-0.39, 0.29) is 5.41 Å². The first-order valence-corrected chi connectivity index (χ1v) is 19.7. The van der Waals surface area contributed by atoms with Gasteiger partial charge in [0.1, 0.15) is 0 Å². The first kappa shape index (κ1) is 31.4. The number of hydrogen-bond donors (Lipinski definition) is 0. The standard InChI is InChI=1S/C52H37NS/c1-51(2)42-21-9-6-19-38(42)40-30-28-35(32-46(40)51)53(48-25-13-8-18-37(48)34-16-4-3-5-17-34)36-29-31-41-39-20-7-10-22-43(39)52(47(41)33-36)44-23-11-14-26-49(44)54-50-27-15-12-24-45(50)52/h3-33H,1-2H3. The third-order valence-corrected chi connectivity index (χ3v) is 13.3. The highest BCUT2D eigenvalue weighted by Crippen LogP contribution is 2.63. The van der Waals surface area contributed by atoms with Gasteiger partial charge < -0.3 is 4.90 Å². The smallest absolute Gasteiger partial charge is 0.0736 e. The van der Waals surface area contributed by atoms with Crippen molar-refractivity contribution in [1.82, 2.24) is 0 Å². The molecule has 8 aromatic carbocycles. The summed E-state index contributed by atoms with van der Waals surface area (Å²) in [5.74, 6) is 0. The Hall–Kier alpha value is -6.09. The highest BCUT2D eigenvalue weighted by atomic mass is 32.2. The summed E-state index contributed by atoms with van der Waals surface area (Å²) in [6.07, 6.45) is 0. The minimum Gasteiger partial charge on any atom is -0.310 e. The number of nitrogens with zero attached hydrogens (tertiary/aromatic N) is 1. The summed E-state index contributed by atoms with van der Waals surface area (Å²) in [6, 6.07) is 70.2. The molecule has 0 amide bonds. The highest BCUT2D eigenvalue weighted by molar-refractivity contribution is 7.99. The number of fused-ring (bicyclic) bond motifs is 12. The maximum atomic E-state index is 2.51. The van der Waals surface area contributed by atoms with Gasteiger partial charge in [0.25, 0.3) is 0 Å². The van der Waals surface area contributed by atoms with Crippen molar-refractivity contribution < 1.29 is 0 Å². The van der Waals surface area contributed by atoms with Crippen LogP contribution < -0.4 is 4.90 Å². The molecule has 0 radical (unpaired) electrons. The second-order valence-electron chi connectivity index (χ2n) is 15.2. The van der Waals surface area contributed by atoms with Crippen LogP contribution in [0.25, 0.3) is 33.4 Å². The molecule has 1 aliphatic heterocycles. The van der Waals surface area contributed by atoms with E-state index >= 15 is 0 Å². The van der Waals surface area contributed by atoms with Gasteiger partial charge in [0, 0.05) is 32.1 Å². The summed E-state index contributed by atoms with van der Waals surface area (Å²) in [6.45, 7) is 4.74. The molecule has 3 aliphatic rings. The van der Waals surface area contributed by atoms with Crippen molar-refractivity contribution in [1.29, 1.82) is 0 Å². The molecule has 0 atom stereocenters. The topological polar surface area (TPSA) is 3.24 Å². The molecule has 0 saturated carbocycles. The molecule has 1 heterocycles. The maximum Gasteiger partial charge on any atom is 0.0736 e. The molecule has 0 aromatic heterocycles. The summed E-state index contributed by atoms with van der Waals surface area (Å²) in [5, 5.41) is 0. The fraction of sp³-hybridized carbons (Fsp3) is 0.0769. The fourth-order valence-electron chi connectivity index (χ4n) is 9.77. The van der Waals surface area contributed by atoms with Crippen molar-refractivity contribution in [2.24, 2.45) is 0 Å². The maximum absolute atomic E-state index is 2.51. The summed E-state index contributed by atoms with van der Waals surface area (Å²) in [4.78, 5) is 5.14. The van der Waals surface area contributed by atoms with Gasteiger partial charge in [0.2, 0.25) is 0 Å². The van der Waals surface area contributed by atoms with Crippen LogP contribution in [0.5, 0.6) is 0 Å². The number of hydrogen-bond acceptors (Lipinski definition) is 2. The van der Waals surface area contributed by atoms with Crippen LogP contribution in [0.4, 0.5) is 17.1 Å². The third-order valence-electron chi connectivity index (χ3n) is 12.1. The van der Waals surface area contributed by atoms with Gasteiger partial charge in [-0.2, -0.15) is 0 Å². The van der Waals surface area contributed by atoms with E-state index in [0.717, 1.165) is 17.1 Å². The van der Waals surface area contributed by atoms with Crippen molar-refractivity contribution in [2.45, 2.75) is 34.5 Å². The Morgan fingerprint density at radius 3 is 1.50 bits per heavy atom. The second-order valence-corrected chi connectivity index (χ2v) is 16.3. The van der Waals surface area contributed by atoms with Gasteiger partial charge in [-0.1, -0.05) is 171 Å². The Labute approximate surface area is 321 Å². The van der Waals surface area contributed by atoms with E-state index in [1.54, 1.807) is 0 Å². The number of benzene rings is 8. The van der Waals surface area contributed by atoms with Crippen LogP contribution in [0.2, 0.25) is 0 Å². The van der Waals surface area contributed by atoms with Crippen LogP contribution in [0, 0.1) is 0 Å². The molecule has 0 fully saturated rings. The Kier molecular flexibility index (Phi) is 6.81. The molecule has 1 nitrogen and oxygen atoms in total. The molecule has 0 bridgehead atoms. The van der Waals surface area contributed by atoms with E-state index in [2.05, 4.69) is 207 Å². The van der Waals surface area contributed by atoms with Crippen LogP contribution in [0.15, 0.2) is 198 Å². The summed E-state index contributed by atoms with van der Waals surface area (Å²) >= 11 is 1.89. The SMILES string of the molecule is CC1(C)c2ccccc2-c2ccc(N(c3ccc4c(c3)C3(c5ccccc5Sc5ccccc53)c3ccccc3-4)c3ccccc3-c3ccccc3)cc21. The lowest BCUT2D eigenvalue weighted by Crippen LogP contribution is -2.32. The van der Waals surface area contributed by atoms with Crippen molar-refractivity contribution in [3.05, 3.63) is 221 Å². The normalized spacial score (nSPS) is 14.7. The van der Waals surface area contributed by atoms with Crippen LogP contribution in [0.3, 0.4) is 0 Å². The lowest BCUT2D eigenvalue weighted by molar-refractivity contribution is 0.660. The number of rotatable bonds is 4. The fourth-order valence-corrected chi connectivity index (χ4v) is 11.0. The largest absolute Gasteiger partial charge is 0.310 e. The molecule has 2 heteroatoms. The molecule has 1 spiro atoms. The van der Waals surface area contributed by atoms with Crippen molar-refractivity contribution in [3.63, 3.8) is 0 Å². The van der Waals surface area contributed by atoms with E-state index in [9.17, 15) is 0 Å². The summed E-state index contributed by atoms with van der Waals surface area (Å²) in [5.41, 5.74) is 18.7. The highest BCUT2D eigenvalue weighted by Gasteiger charge is 2.50. The molecular weight excluding hydrogens is 671 g/mol. The van der Waals surface area contributed by atoms with Gasteiger partial charge >= 0.3 is 0 Å². The minimum atomic E-state index is -0.452. The predicted molar refractivity (Wildman–Crippen MR) is 226 cm³/mol. The molecule has 8 aromatic rings. The number of anilines is 3. The van der Waals surface area contributed by atoms with Gasteiger partial charge in [-0.05, 0) is 104 Å². The minimum absolute atomic E-state index is 0.122. The lowest BCUT2D eigenvalue weighted by atomic mass is 9.67. The first-order chi connectivity index (χ1) is 26.5. The molecule has 54 heavy (non-hydrogen) atoms. The zero-order chi connectivity index (χ0) is 36.0. The molecule has 256 valence electrons. The average molecular weight is 708 g/mol. The lowest BCUT2D eigenvalue weighted by Gasteiger charge is -2.40.